The van der Waals surface area contributed by atoms with Gasteiger partial charge in [0, 0.05) is 15.4 Å². The molecule has 5 heteroatoms. The van der Waals surface area contributed by atoms with Gasteiger partial charge < -0.3 is 4.98 Å². The van der Waals surface area contributed by atoms with E-state index in [4.69, 9.17) is 0 Å². The van der Waals surface area contributed by atoms with Gasteiger partial charge in [0.2, 0.25) is 0 Å². The zero-order chi connectivity index (χ0) is 12.7. The van der Waals surface area contributed by atoms with Gasteiger partial charge in [-0.25, -0.2) is 15.0 Å². The number of nitrogens with zero attached hydrogens (tertiary/aromatic N) is 3. The Kier molecular flexibility index (Phi) is 2.63. The van der Waals surface area contributed by atoms with Crippen LogP contribution in [0.3, 0.4) is 0 Å². The van der Waals surface area contributed by atoms with Crippen LogP contribution in [0.25, 0.3) is 22.4 Å². The maximum Gasteiger partial charge on any atom is 0.179 e. The number of rotatable bonds is 1. The van der Waals surface area contributed by atoms with Gasteiger partial charge in [-0.1, -0.05) is 15.9 Å². The first-order valence-electron chi connectivity index (χ1n) is 5.60. The predicted molar refractivity (Wildman–Crippen MR) is 74.3 cm³/mol. The van der Waals surface area contributed by atoms with E-state index < -0.39 is 0 Å². The Balaban J connectivity index is 2.19. The highest BCUT2D eigenvalue weighted by molar-refractivity contribution is 9.10. The highest BCUT2D eigenvalue weighted by Gasteiger charge is 2.08. The molecule has 0 radical (unpaired) electrons. The number of benzene rings is 1. The largest absolute Gasteiger partial charge is 0.352 e. The standard InChI is InChI=1S/C13H11BrN4/c1-7-15-8(2)17-13(16-7)12-6-9-5-10(14)3-4-11(9)18-12/h3-6,18H,1-2H3. The summed E-state index contributed by atoms with van der Waals surface area (Å²) in [6.45, 7) is 3.74. The van der Waals surface area contributed by atoms with Gasteiger partial charge in [-0.2, -0.15) is 0 Å². The Morgan fingerprint density at radius 3 is 2.44 bits per heavy atom. The van der Waals surface area contributed by atoms with Crippen LogP contribution in [0, 0.1) is 13.8 Å². The smallest absolute Gasteiger partial charge is 0.179 e. The first-order chi connectivity index (χ1) is 8.61. The molecule has 3 rings (SSSR count). The molecule has 0 aliphatic rings. The lowest BCUT2D eigenvalue weighted by molar-refractivity contribution is 0.925. The first kappa shape index (κ1) is 11.3. The van der Waals surface area contributed by atoms with E-state index in [1.165, 1.54) is 0 Å². The lowest BCUT2D eigenvalue weighted by Gasteiger charge is -1.99. The molecule has 3 aromatic rings. The van der Waals surface area contributed by atoms with Crippen molar-refractivity contribution in [3.63, 3.8) is 0 Å². The van der Waals surface area contributed by atoms with Gasteiger partial charge >= 0.3 is 0 Å². The molecule has 0 fully saturated rings. The molecule has 1 aromatic carbocycles. The van der Waals surface area contributed by atoms with Crippen molar-refractivity contribution in [3.05, 3.63) is 40.4 Å². The fourth-order valence-electron chi connectivity index (χ4n) is 1.96. The molecule has 1 N–H and O–H groups in total. The normalized spacial score (nSPS) is 11.1. The van der Waals surface area contributed by atoms with Crippen LogP contribution >= 0.6 is 15.9 Å². The highest BCUT2D eigenvalue weighted by atomic mass is 79.9. The Bertz CT molecular complexity index is 713. The van der Waals surface area contributed by atoms with Gasteiger partial charge in [0.1, 0.15) is 11.6 Å². The minimum atomic E-state index is 0.687. The lowest BCUT2D eigenvalue weighted by atomic mass is 10.2. The Morgan fingerprint density at radius 1 is 1.00 bits per heavy atom. The van der Waals surface area contributed by atoms with E-state index in [-0.39, 0.29) is 0 Å². The fraction of sp³-hybridized carbons (Fsp3) is 0.154. The molecule has 0 spiro atoms. The summed E-state index contributed by atoms with van der Waals surface area (Å²) in [6, 6.07) is 8.15. The van der Waals surface area contributed by atoms with E-state index in [1.807, 2.05) is 32.0 Å². The molecule has 0 unspecified atom stereocenters. The molecule has 18 heavy (non-hydrogen) atoms. The van der Waals surface area contributed by atoms with Crippen LogP contribution in [0.4, 0.5) is 0 Å². The Morgan fingerprint density at radius 2 is 1.72 bits per heavy atom. The van der Waals surface area contributed by atoms with Crippen LogP contribution < -0.4 is 0 Å². The van der Waals surface area contributed by atoms with E-state index in [0.29, 0.717) is 5.82 Å². The quantitative estimate of drug-likeness (QED) is 0.749. The number of aromatic nitrogens is 4. The molecule has 90 valence electrons. The minimum Gasteiger partial charge on any atom is -0.352 e. The van der Waals surface area contributed by atoms with Crippen molar-refractivity contribution in [1.29, 1.82) is 0 Å². The van der Waals surface area contributed by atoms with Crippen molar-refractivity contribution < 1.29 is 0 Å². The number of aromatic amines is 1. The summed E-state index contributed by atoms with van der Waals surface area (Å²) in [6.07, 6.45) is 0. The summed E-state index contributed by atoms with van der Waals surface area (Å²) in [4.78, 5) is 16.2. The molecule has 0 saturated heterocycles. The Labute approximate surface area is 113 Å². The third-order valence-corrected chi connectivity index (χ3v) is 3.18. The molecular formula is C13H11BrN4. The van der Waals surface area contributed by atoms with Gasteiger partial charge in [0.05, 0.1) is 5.69 Å². The summed E-state index contributed by atoms with van der Waals surface area (Å²) < 4.78 is 1.06. The lowest BCUT2D eigenvalue weighted by Crippen LogP contribution is -1.98. The second kappa shape index (κ2) is 4.17. The van der Waals surface area contributed by atoms with Crippen molar-refractivity contribution in [2.24, 2.45) is 0 Å². The number of fused-ring (bicyclic) bond motifs is 1. The zero-order valence-corrected chi connectivity index (χ0v) is 11.6. The van der Waals surface area contributed by atoms with Crippen LogP contribution in [0.15, 0.2) is 28.7 Å². The van der Waals surface area contributed by atoms with Gasteiger partial charge in [0.25, 0.3) is 0 Å². The number of nitrogens with one attached hydrogen (secondary N) is 1. The summed E-state index contributed by atoms with van der Waals surface area (Å²) in [5.74, 6) is 2.15. The molecule has 4 nitrogen and oxygen atoms in total. The number of H-pyrrole nitrogens is 1. The summed E-state index contributed by atoms with van der Waals surface area (Å²) in [7, 11) is 0. The molecule has 0 atom stereocenters. The summed E-state index contributed by atoms with van der Waals surface area (Å²) in [5.41, 5.74) is 1.99. The second-order valence-corrected chi connectivity index (χ2v) is 5.08. The van der Waals surface area contributed by atoms with Crippen molar-refractivity contribution >= 4 is 26.8 Å². The van der Waals surface area contributed by atoms with E-state index in [0.717, 1.165) is 32.7 Å². The van der Waals surface area contributed by atoms with Crippen LogP contribution in [0.5, 0.6) is 0 Å². The number of aryl methyl sites for hydroxylation is 2. The van der Waals surface area contributed by atoms with Crippen molar-refractivity contribution in [3.8, 4) is 11.5 Å². The monoisotopic (exact) mass is 302 g/mol. The van der Waals surface area contributed by atoms with Gasteiger partial charge in [-0.05, 0) is 38.1 Å². The van der Waals surface area contributed by atoms with E-state index in [2.05, 4.69) is 41.9 Å². The predicted octanol–water partition coefficient (Wildman–Crippen LogP) is 3.40. The average molecular weight is 303 g/mol. The molecule has 0 aliphatic heterocycles. The van der Waals surface area contributed by atoms with Crippen LogP contribution in [0.2, 0.25) is 0 Å². The minimum absolute atomic E-state index is 0.687. The van der Waals surface area contributed by atoms with Crippen LogP contribution in [-0.4, -0.2) is 19.9 Å². The Hall–Kier alpha value is -1.75. The average Bonchev–Trinajstić information content (AvgIpc) is 2.70. The number of hydrogen-bond donors (Lipinski definition) is 1. The molecule has 0 aliphatic carbocycles. The highest BCUT2D eigenvalue weighted by Crippen LogP contribution is 2.24. The summed E-state index contributed by atoms with van der Waals surface area (Å²) >= 11 is 3.47. The number of hydrogen-bond acceptors (Lipinski definition) is 3. The molecule has 0 bridgehead atoms. The van der Waals surface area contributed by atoms with Gasteiger partial charge in [0.15, 0.2) is 5.82 Å². The maximum atomic E-state index is 4.36. The third-order valence-electron chi connectivity index (χ3n) is 2.68. The molecular weight excluding hydrogens is 292 g/mol. The van der Waals surface area contributed by atoms with E-state index in [9.17, 15) is 0 Å². The van der Waals surface area contributed by atoms with Gasteiger partial charge in [-0.3, -0.25) is 0 Å². The van der Waals surface area contributed by atoms with E-state index in [1.54, 1.807) is 0 Å². The van der Waals surface area contributed by atoms with Crippen molar-refractivity contribution in [2.75, 3.05) is 0 Å². The van der Waals surface area contributed by atoms with Crippen LogP contribution in [-0.2, 0) is 0 Å². The van der Waals surface area contributed by atoms with Crippen LogP contribution in [0.1, 0.15) is 11.6 Å². The molecule has 0 amide bonds. The SMILES string of the molecule is Cc1nc(C)nc(-c2cc3cc(Br)ccc3[nH]2)n1. The van der Waals surface area contributed by atoms with Crippen molar-refractivity contribution in [1.82, 2.24) is 19.9 Å². The third kappa shape index (κ3) is 2.01. The van der Waals surface area contributed by atoms with E-state index >= 15 is 0 Å². The molecule has 2 heterocycles. The molecule has 2 aromatic heterocycles. The first-order valence-corrected chi connectivity index (χ1v) is 6.39. The summed E-state index contributed by atoms with van der Waals surface area (Å²) in [5, 5.41) is 1.13. The number of halogens is 1. The topological polar surface area (TPSA) is 54.5 Å². The maximum absolute atomic E-state index is 4.36. The molecule has 0 saturated carbocycles. The van der Waals surface area contributed by atoms with Crippen molar-refractivity contribution in [2.45, 2.75) is 13.8 Å². The zero-order valence-electron chi connectivity index (χ0n) is 10.0. The second-order valence-electron chi connectivity index (χ2n) is 4.17. The van der Waals surface area contributed by atoms with Gasteiger partial charge in [-0.15, -0.1) is 0 Å². The fourth-order valence-corrected chi connectivity index (χ4v) is 2.34.